The summed E-state index contributed by atoms with van der Waals surface area (Å²) in [5.74, 6) is 0. The summed E-state index contributed by atoms with van der Waals surface area (Å²) in [6.07, 6.45) is 7.04. The van der Waals surface area contributed by atoms with E-state index in [4.69, 9.17) is 4.98 Å². The maximum Gasteiger partial charge on any atom is 0.137 e. The Labute approximate surface area is 120 Å². The van der Waals surface area contributed by atoms with Crippen LogP contribution >= 0.6 is 0 Å². The summed E-state index contributed by atoms with van der Waals surface area (Å²) in [6, 6.07) is 5.08. The van der Waals surface area contributed by atoms with Gasteiger partial charge >= 0.3 is 0 Å². The van der Waals surface area contributed by atoms with Gasteiger partial charge in [0, 0.05) is 44.6 Å². The Bertz CT molecular complexity index is 618. The highest BCUT2D eigenvalue weighted by Crippen LogP contribution is 2.22. The fourth-order valence-corrected chi connectivity index (χ4v) is 3.64. The number of hydrogen-bond acceptors (Lipinski definition) is 3. The van der Waals surface area contributed by atoms with Gasteiger partial charge in [0.05, 0.1) is 5.69 Å². The number of rotatable bonds is 2. The summed E-state index contributed by atoms with van der Waals surface area (Å²) in [4.78, 5) is 9.99. The number of aryl methyl sites for hydroxylation is 1. The highest BCUT2D eigenvalue weighted by molar-refractivity contribution is 5.42. The zero-order valence-electron chi connectivity index (χ0n) is 12.1. The number of hydrogen-bond donors (Lipinski definition) is 0. The second kappa shape index (κ2) is 4.86. The van der Waals surface area contributed by atoms with Crippen LogP contribution in [0, 0.1) is 6.92 Å². The van der Waals surface area contributed by atoms with Gasteiger partial charge in [-0.1, -0.05) is 0 Å². The van der Waals surface area contributed by atoms with Crippen LogP contribution in [-0.4, -0.2) is 51.4 Å². The number of fused-ring (bicyclic) bond motifs is 2. The molecule has 2 aliphatic heterocycles. The highest BCUT2D eigenvalue weighted by atomic mass is 15.3. The molecule has 1 atom stereocenters. The molecule has 0 bridgehead atoms. The Kier molecular flexibility index (Phi) is 3.00. The van der Waals surface area contributed by atoms with Crippen LogP contribution in [-0.2, 0) is 6.54 Å². The molecule has 0 saturated carbocycles. The summed E-state index contributed by atoms with van der Waals surface area (Å²) in [5, 5.41) is 0. The summed E-state index contributed by atoms with van der Waals surface area (Å²) < 4.78 is 2.13. The number of nitrogens with zero attached hydrogens (tertiary/aromatic N) is 4. The average molecular weight is 270 g/mol. The van der Waals surface area contributed by atoms with Crippen LogP contribution in [0.2, 0.25) is 0 Å². The topological polar surface area (TPSA) is 23.8 Å². The van der Waals surface area contributed by atoms with Crippen molar-refractivity contribution in [1.82, 2.24) is 19.2 Å². The van der Waals surface area contributed by atoms with Crippen molar-refractivity contribution >= 4 is 5.65 Å². The zero-order valence-corrected chi connectivity index (χ0v) is 12.1. The van der Waals surface area contributed by atoms with Crippen molar-refractivity contribution in [2.75, 3.05) is 26.2 Å². The fraction of sp³-hybridized carbons (Fsp3) is 0.562. The maximum absolute atomic E-state index is 4.76. The molecular formula is C16H22N4. The largest absolute Gasteiger partial charge is 0.307 e. The van der Waals surface area contributed by atoms with Gasteiger partial charge in [-0.15, -0.1) is 0 Å². The Hall–Kier alpha value is -1.39. The van der Waals surface area contributed by atoms with Gasteiger partial charge in [0.2, 0.25) is 0 Å². The number of pyridine rings is 1. The molecule has 4 nitrogen and oxygen atoms in total. The Morgan fingerprint density at radius 2 is 2.25 bits per heavy atom. The van der Waals surface area contributed by atoms with Gasteiger partial charge in [-0.3, -0.25) is 9.80 Å². The predicted octanol–water partition coefficient (Wildman–Crippen LogP) is 1.92. The molecule has 0 spiro atoms. The van der Waals surface area contributed by atoms with Crippen molar-refractivity contribution in [3.63, 3.8) is 0 Å². The summed E-state index contributed by atoms with van der Waals surface area (Å²) in [5.41, 5.74) is 3.54. The Morgan fingerprint density at radius 3 is 3.20 bits per heavy atom. The second-order valence-corrected chi connectivity index (χ2v) is 6.27. The average Bonchev–Trinajstić information content (AvgIpc) is 3.03. The summed E-state index contributed by atoms with van der Waals surface area (Å²) >= 11 is 0. The molecule has 0 radical (unpaired) electrons. The molecule has 1 unspecified atom stereocenters. The third-order valence-electron chi connectivity index (χ3n) is 4.72. The van der Waals surface area contributed by atoms with Crippen molar-refractivity contribution in [3.8, 4) is 0 Å². The third-order valence-corrected chi connectivity index (χ3v) is 4.72. The lowest BCUT2D eigenvalue weighted by Gasteiger charge is -2.37. The first-order valence-corrected chi connectivity index (χ1v) is 7.68. The van der Waals surface area contributed by atoms with E-state index in [-0.39, 0.29) is 0 Å². The van der Waals surface area contributed by atoms with Gasteiger partial charge < -0.3 is 4.40 Å². The van der Waals surface area contributed by atoms with E-state index in [0.717, 1.165) is 18.2 Å². The Balaban J connectivity index is 1.49. The van der Waals surface area contributed by atoms with E-state index in [1.54, 1.807) is 0 Å². The van der Waals surface area contributed by atoms with Crippen LogP contribution in [0.5, 0.6) is 0 Å². The van der Waals surface area contributed by atoms with Crippen LogP contribution in [0.15, 0.2) is 24.5 Å². The molecule has 106 valence electrons. The molecule has 2 saturated heterocycles. The smallest absolute Gasteiger partial charge is 0.137 e. The van der Waals surface area contributed by atoms with Crippen LogP contribution in [0.25, 0.3) is 5.65 Å². The standard InChI is InChI=1S/C16H22N4/c1-13-4-6-20-11-14(17-16(20)9-13)10-18-7-8-19-5-2-3-15(19)12-18/h4,6,9,11,15H,2-3,5,7-8,10,12H2,1H3. The number of imidazole rings is 1. The van der Waals surface area contributed by atoms with Gasteiger partial charge in [-0.2, -0.15) is 0 Å². The van der Waals surface area contributed by atoms with Gasteiger partial charge in [0.1, 0.15) is 5.65 Å². The lowest BCUT2D eigenvalue weighted by Crippen LogP contribution is -2.49. The molecule has 2 aromatic heterocycles. The normalized spacial score (nSPS) is 24.4. The molecule has 4 rings (SSSR count). The first-order chi connectivity index (χ1) is 9.78. The molecule has 0 amide bonds. The lowest BCUT2D eigenvalue weighted by molar-refractivity contribution is 0.0986. The fourth-order valence-electron chi connectivity index (χ4n) is 3.64. The number of aromatic nitrogens is 2. The van der Waals surface area contributed by atoms with E-state index >= 15 is 0 Å². The van der Waals surface area contributed by atoms with Gasteiger partial charge in [-0.25, -0.2) is 4.98 Å². The van der Waals surface area contributed by atoms with Crippen molar-refractivity contribution in [2.45, 2.75) is 32.4 Å². The predicted molar refractivity (Wildman–Crippen MR) is 79.8 cm³/mol. The zero-order chi connectivity index (χ0) is 13.5. The monoisotopic (exact) mass is 270 g/mol. The van der Waals surface area contributed by atoms with Crippen molar-refractivity contribution in [3.05, 3.63) is 35.8 Å². The van der Waals surface area contributed by atoms with E-state index in [1.807, 2.05) is 0 Å². The summed E-state index contributed by atoms with van der Waals surface area (Å²) in [7, 11) is 0. The molecule has 2 fully saturated rings. The van der Waals surface area contributed by atoms with E-state index in [9.17, 15) is 0 Å². The molecule has 0 aromatic carbocycles. The SMILES string of the molecule is Cc1ccn2cc(CN3CCN4CCCC4C3)nc2c1. The quantitative estimate of drug-likeness (QED) is 0.833. The first kappa shape index (κ1) is 12.4. The van der Waals surface area contributed by atoms with Crippen LogP contribution in [0.3, 0.4) is 0 Å². The minimum Gasteiger partial charge on any atom is -0.307 e. The van der Waals surface area contributed by atoms with E-state index < -0.39 is 0 Å². The minimum absolute atomic E-state index is 0.794. The number of piperazine rings is 1. The van der Waals surface area contributed by atoms with Gasteiger partial charge in [0.25, 0.3) is 0 Å². The minimum atomic E-state index is 0.794. The molecule has 20 heavy (non-hydrogen) atoms. The molecule has 2 aromatic rings. The van der Waals surface area contributed by atoms with Gasteiger partial charge in [-0.05, 0) is 44.0 Å². The van der Waals surface area contributed by atoms with Crippen molar-refractivity contribution in [1.29, 1.82) is 0 Å². The Morgan fingerprint density at radius 1 is 1.30 bits per heavy atom. The van der Waals surface area contributed by atoms with E-state index in [1.165, 1.54) is 50.3 Å². The van der Waals surface area contributed by atoms with Crippen molar-refractivity contribution in [2.24, 2.45) is 0 Å². The highest BCUT2D eigenvalue weighted by Gasteiger charge is 2.30. The van der Waals surface area contributed by atoms with Gasteiger partial charge in [0.15, 0.2) is 0 Å². The molecule has 2 aliphatic rings. The van der Waals surface area contributed by atoms with Crippen LogP contribution < -0.4 is 0 Å². The van der Waals surface area contributed by atoms with Crippen LogP contribution in [0.1, 0.15) is 24.1 Å². The molecule has 0 N–H and O–H groups in total. The van der Waals surface area contributed by atoms with E-state index in [0.29, 0.717) is 0 Å². The van der Waals surface area contributed by atoms with Crippen molar-refractivity contribution < 1.29 is 0 Å². The lowest BCUT2D eigenvalue weighted by atomic mass is 10.1. The molecular weight excluding hydrogens is 248 g/mol. The molecule has 4 heteroatoms. The second-order valence-electron chi connectivity index (χ2n) is 6.27. The summed E-state index contributed by atoms with van der Waals surface area (Å²) in [6.45, 7) is 8.05. The molecule has 4 heterocycles. The van der Waals surface area contributed by atoms with E-state index in [2.05, 4.69) is 45.7 Å². The maximum atomic E-state index is 4.76. The van der Waals surface area contributed by atoms with Crippen LogP contribution in [0.4, 0.5) is 0 Å². The first-order valence-electron chi connectivity index (χ1n) is 7.68. The third kappa shape index (κ3) is 2.23. The molecule has 0 aliphatic carbocycles.